The predicted octanol–water partition coefficient (Wildman–Crippen LogP) is 5.39. The van der Waals surface area contributed by atoms with Crippen LogP contribution >= 0.6 is 0 Å². The first-order valence-corrected chi connectivity index (χ1v) is 12.0. The molecule has 0 radical (unpaired) electrons. The molecule has 0 aliphatic heterocycles. The fourth-order valence-electron chi connectivity index (χ4n) is 3.43. The molecule has 7 heteroatoms. The van der Waals surface area contributed by atoms with Gasteiger partial charge in [0.05, 0.1) is 6.61 Å². The molecule has 0 atom stereocenters. The van der Waals surface area contributed by atoms with Crippen molar-refractivity contribution < 1.29 is 23.5 Å². The fourth-order valence-corrected chi connectivity index (χ4v) is 3.43. The number of fused-ring (bicyclic) bond motifs is 1. The second-order valence-corrected chi connectivity index (χ2v) is 9.46. The van der Waals surface area contributed by atoms with Gasteiger partial charge < -0.3 is 19.2 Å². The molecule has 1 amide bonds. The third kappa shape index (κ3) is 7.44. The van der Waals surface area contributed by atoms with Gasteiger partial charge in [0.25, 0.3) is 5.91 Å². The molecule has 1 aromatic heterocycles. The number of carbonyl (C=O) groups is 2. The van der Waals surface area contributed by atoms with E-state index >= 15 is 0 Å². The van der Waals surface area contributed by atoms with Crippen molar-refractivity contribution in [3.8, 4) is 11.5 Å². The molecule has 3 rings (SSSR count). The largest absolute Gasteiger partial charge is 0.494 e. The summed E-state index contributed by atoms with van der Waals surface area (Å²) in [5.41, 5.74) is 0.770. The minimum atomic E-state index is -0.734. The highest BCUT2D eigenvalue weighted by molar-refractivity contribution is 5.96. The normalized spacial score (nSPS) is 11.3. The topological polar surface area (TPSA) is 94.8 Å². The minimum absolute atomic E-state index is 0.0496. The van der Waals surface area contributed by atoms with Gasteiger partial charge in [-0.3, -0.25) is 9.59 Å². The molecule has 0 unspecified atom stereocenters. The maximum atomic E-state index is 12.3. The van der Waals surface area contributed by atoms with Gasteiger partial charge in [0.2, 0.25) is 0 Å². The number of unbranched alkanes of at least 4 members (excludes halogenated alkanes) is 1. The molecule has 0 saturated heterocycles. The fraction of sp³-hybridized carbons (Fsp3) is 0.393. The molecule has 0 fully saturated rings. The monoisotopic (exact) mass is 479 g/mol. The van der Waals surface area contributed by atoms with Crippen LogP contribution in [0.25, 0.3) is 11.0 Å². The van der Waals surface area contributed by atoms with Gasteiger partial charge in [-0.15, -0.1) is 0 Å². The second-order valence-electron chi connectivity index (χ2n) is 9.46. The van der Waals surface area contributed by atoms with Gasteiger partial charge in [-0.25, -0.2) is 4.79 Å². The SMILES string of the molecule is CCCCNC(=O)c1cc2ccc(OC(=O)CCCOc3ccc(C(C)(C)C)cc3)cc2oc1=O. The molecule has 3 aromatic rings. The third-order valence-corrected chi connectivity index (χ3v) is 5.51. The first kappa shape index (κ1) is 26.0. The van der Waals surface area contributed by atoms with Crippen LogP contribution in [-0.2, 0) is 10.2 Å². The Bertz CT molecular complexity index is 1220. The number of ether oxygens (including phenoxy) is 2. The maximum Gasteiger partial charge on any atom is 0.349 e. The van der Waals surface area contributed by atoms with E-state index in [4.69, 9.17) is 13.9 Å². The summed E-state index contributed by atoms with van der Waals surface area (Å²) < 4.78 is 16.4. The summed E-state index contributed by atoms with van der Waals surface area (Å²) >= 11 is 0. The summed E-state index contributed by atoms with van der Waals surface area (Å²) in [5.74, 6) is 0.154. The lowest BCUT2D eigenvalue weighted by Crippen LogP contribution is -2.28. The van der Waals surface area contributed by atoms with E-state index < -0.39 is 17.5 Å². The first-order valence-electron chi connectivity index (χ1n) is 12.0. The first-order chi connectivity index (χ1) is 16.7. The number of esters is 1. The van der Waals surface area contributed by atoms with Crippen LogP contribution in [0.15, 0.2) is 57.7 Å². The zero-order valence-electron chi connectivity index (χ0n) is 20.8. The second kappa shape index (κ2) is 11.7. The highest BCUT2D eigenvalue weighted by Gasteiger charge is 2.15. The smallest absolute Gasteiger partial charge is 0.349 e. The zero-order chi connectivity index (χ0) is 25.4. The Labute approximate surface area is 205 Å². The molecule has 1 heterocycles. The van der Waals surface area contributed by atoms with E-state index in [1.165, 1.54) is 17.7 Å². The Morgan fingerprint density at radius 1 is 0.971 bits per heavy atom. The number of hydrogen-bond acceptors (Lipinski definition) is 6. The molecule has 35 heavy (non-hydrogen) atoms. The lowest BCUT2D eigenvalue weighted by atomic mass is 9.87. The van der Waals surface area contributed by atoms with Crippen molar-refractivity contribution in [1.29, 1.82) is 0 Å². The van der Waals surface area contributed by atoms with Crippen LogP contribution < -0.4 is 20.4 Å². The molecule has 1 N–H and O–H groups in total. The molecule has 0 aliphatic carbocycles. The predicted molar refractivity (Wildman–Crippen MR) is 135 cm³/mol. The van der Waals surface area contributed by atoms with Crippen LogP contribution in [0.5, 0.6) is 11.5 Å². The van der Waals surface area contributed by atoms with Crippen molar-refractivity contribution >= 4 is 22.8 Å². The van der Waals surface area contributed by atoms with E-state index in [2.05, 4.69) is 26.1 Å². The quantitative estimate of drug-likeness (QED) is 0.181. The molecule has 2 aromatic carbocycles. The van der Waals surface area contributed by atoms with Gasteiger partial charge >= 0.3 is 11.6 Å². The molecular weight excluding hydrogens is 446 g/mol. The van der Waals surface area contributed by atoms with Crippen LogP contribution in [0, 0.1) is 0 Å². The summed E-state index contributed by atoms with van der Waals surface area (Å²) in [6.07, 6.45) is 2.45. The molecule has 0 bridgehead atoms. The van der Waals surface area contributed by atoms with Crippen molar-refractivity contribution in [2.75, 3.05) is 13.2 Å². The number of rotatable bonds is 10. The molecule has 7 nitrogen and oxygen atoms in total. The van der Waals surface area contributed by atoms with E-state index in [-0.39, 0.29) is 28.7 Å². The van der Waals surface area contributed by atoms with Crippen LogP contribution in [0.2, 0.25) is 0 Å². The van der Waals surface area contributed by atoms with E-state index in [9.17, 15) is 14.4 Å². The number of amides is 1. The zero-order valence-corrected chi connectivity index (χ0v) is 20.8. The van der Waals surface area contributed by atoms with Crippen molar-refractivity contribution in [2.24, 2.45) is 0 Å². The summed E-state index contributed by atoms with van der Waals surface area (Å²) in [5, 5.41) is 3.27. The average molecular weight is 480 g/mol. The molecular formula is C28H33NO6. The van der Waals surface area contributed by atoms with Crippen LogP contribution in [0.4, 0.5) is 0 Å². The van der Waals surface area contributed by atoms with E-state index in [1.807, 2.05) is 31.2 Å². The van der Waals surface area contributed by atoms with Gasteiger partial charge in [0, 0.05) is 24.4 Å². The Hall–Kier alpha value is -3.61. The molecule has 186 valence electrons. The minimum Gasteiger partial charge on any atom is -0.494 e. The third-order valence-electron chi connectivity index (χ3n) is 5.51. The van der Waals surface area contributed by atoms with E-state index in [0.29, 0.717) is 25.0 Å². The number of hydrogen-bond donors (Lipinski definition) is 1. The van der Waals surface area contributed by atoms with Crippen molar-refractivity contribution in [1.82, 2.24) is 5.32 Å². The van der Waals surface area contributed by atoms with Gasteiger partial charge in [0.1, 0.15) is 22.6 Å². The lowest BCUT2D eigenvalue weighted by Gasteiger charge is -2.19. The maximum absolute atomic E-state index is 12.3. The average Bonchev–Trinajstić information content (AvgIpc) is 2.81. The highest BCUT2D eigenvalue weighted by atomic mass is 16.5. The number of nitrogens with one attached hydrogen (secondary N) is 1. The summed E-state index contributed by atoms with van der Waals surface area (Å²) in [6.45, 7) is 9.37. The molecule has 0 saturated carbocycles. The highest BCUT2D eigenvalue weighted by Crippen LogP contribution is 2.24. The lowest BCUT2D eigenvalue weighted by molar-refractivity contribution is -0.134. The van der Waals surface area contributed by atoms with Crippen molar-refractivity contribution in [3.63, 3.8) is 0 Å². The van der Waals surface area contributed by atoms with Gasteiger partial charge in [0.15, 0.2) is 0 Å². The Kier molecular flexibility index (Phi) is 8.68. The Balaban J connectivity index is 1.51. The summed E-state index contributed by atoms with van der Waals surface area (Å²) in [4.78, 5) is 36.7. The van der Waals surface area contributed by atoms with E-state index in [0.717, 1.165) is 18.6 Å². The van der Waals surface area contributed by atoms with Gasteiger partial charge in [-0.05, 0) is 54.2 Å². The Morgan fingerprint density at radius 3 is 2.37 bits per heavy atom. The van der Waals surface area contributed by atoms with Crippen LogP contribution in [0.1, 0.15) is 69.3 Å². The summed E-state index contributed by atoms with van der Waals surface area (Å²) in [6, 6.07) is 14.2. The Morgan fingerprint density at radius 2 is 1.69 bits per heavy atom. The molecule has 0 spiro atoms. The van der Waals surface area contributed by atoms with Crippen molar-refractivity contribution in [2.45, 2.75) is 58.8 Å². The molecule has 0 aliphatic rings. The van der Waals surface area contributed by atoms with Gasteiger partial charge in [-0.2, -0.15) is 0 Å². The number of benzene rings is 2. The van der Waals surface area contributed by atoms with E-state index in [1.54, 1.807) is 12.1 Å². The standard InChI is InChI=1S/C28H33NO6/c1-5-6-15-29-26(31)23-17-19-9-12-22(18-24(19)35-27(23)32)34-25(30)8-7-16-33-21-13-10-20(11-14-21)28(2,3)4/h9-14,17-18H,5-8,15-16H2,1-4H3,(H,29,31). The summed E-state index contributed by atoms with van der Waals surface area (Å²) in [7, 11) is 0. The number of carbonyl (C=O) groups excluding carboxylic acids is 2. The van der Waals surface area contributed by atoms with Gasteiger partial charge in [-0.1, -0.05) is 46.2 Å². The van der Waals surface area contributed by atoms with Crippen molar-refractivity contribution in [3.05, 3.63) is 70.1 Å². The van der Waals surface area contributed by atoms with Crippen LogP contribution in [0.3, 0.4) is 0 Å². The van der Waals surface area contributed by atoms with Crippen LogP contribution in [-0.4, -0.2) is 25.0 Å².